The first kappa shape index (κ1) is 20.2. The predicted molar refractivity (Wildman–Crippen MR) is 90.0 cm³/mol. The van der Waals surface area contributed by atoms with Gasteiger partial charge in [0.1, 0.15) is 24.4 Å². The Morgan fingerprint density at radius 1 is 0.864 bits per heavy atom. The molecular weight excluding hydrogens is 320 g/mol. The fourth-order valence-electron chi connectivity index (χ4n) is 2.44. The van der Waals surface area contributed by atoms with E-state index in [4.69, 9.17) is 23.1 Å². The summed E-state index contributed by atoms with van der Waals surface area (Å²) in [6, 6.07) is 0. The third-order valence-corrected chi connectivity index (χ3v) is 5.34. The number of hydrogen-bond donors (Lipinski definition) is 1. The van der Waals surface area contributed by atoms with Crippen LogP contribution in [0.4, 0.5) is 0 Å². The summed E-state index contributed by atoms with van der Waals surface area (Å²) in [4.78, 5) is 0. The van der Waals surface area contributed by atoms with Crippen LogP contribution in [0.1, 0.15) is 0 Å². The second-order valence-electron chi connectivity index (χ2n) is 7.58. The fourth-order valence-corrected chi connectivity index (χ4v) is 4.19. The lowest BCUT2D eigenvalue weighted by Crippen LogP contribution is -2.63. The Balaban J connectivity index is 2.91. The molecule has 0 radical (unpaired) electrons. The highest BCUT2D eigenvalue weighted by atomic mass is 28.4. The van der Waals surface area contributed by atoms with Crippen LogP contribution >= 0.6 is 0 Å². The molecule has 1 unspecified atom stereocenters. The Labute approximate surface area is 136 Å². The monoisotopic (exact) mass is 352 g/mol. The van der Waals surface area contributed by atoms with Gasteiger partial charge in [0, 0.05) is 14.2 Å². The molecule has 1 heterocycles. The van der Waals surface area contributed by atoms with Gasteiger partial charge in [0.2, 0.25) is 0 Å². The summed E-state index contributed by atoms with van der Waals surface area (Å²) < 4.78 is 28.9. The molecule has 8 heteroatoms. The lowest BCUT2D eigenvalue weighted by atomic mass is 9.99. The van der Waals surface area contributed by atoms with E-state index in [0.717, 1.165) is 0 Å². The summed E-state index contributed by atoms with van der Waals surface area (Å²) in [5, 5.41) is 10.2. The van der Waals surface area contributed by atoms with Crippen molar-refractivity contribution in [2.75, 3.05) is 20.8 Å². The van der Waals surface area contributed by atoms with Gasteiger partial charge in [-0.1, -0.05) is 0 Å². The Bertz CT molecular complexity index is 341. The second kappa shape index (κ2) is 7.84. The molecule has 1 rings (SSSR count). The molecular formula is C14H32O6Si2. The molecule has 1 N–H and O–H groups in total. The van der Waals surface area contributed by atoms with Crippen molar-refractivity contribution in [3.05, 3.63) is 0 Å². The molecule has 22 heavy (non-hydrogen) atoms. The average Bonchev–Trinajstić information content (AvgIpc) is 2.33. The van der Waals surface area contributed by atoms with Gasteiger partial charge in [-0.2, -0.15) is 0 Å². The Kier molecular flexibility index (Phi) is 7.22. The van der Waals surface area contributed by atoms with E-state index in [0.29, 0.717) is 6.61 Å². The van der Waals surface area contributed by atoms with Crippen LogP contribution < -0.4 is 0 Å². The SMILES string of the molecule is CO[C@@H]1[C@H](O[Si](C)(C)C)[C@@H](OC)C(O)O[C@@H]1CO[Si](C)(C)C. The van der Waals surface area contributed by atoms with Crippen LogP contribution in [0.25, 0.3) is 0 Å². The third-order valence-electron chi connectivity index (χ3n) is 3.32. The number of aliphatic hydroxyl groups is 1. The van der Waals surface area contributed by atoms with E-state index in [1.807, 2.05) is 0 Å². The molecule has 0 aliphatic carbocycles. The summed E-state index contributed by atoms with van der Waals surface area (Å²) in [6.07, 6.45) is -2.70. The van der Waals surface area contributed by atoms with Crippen molar-refractivity contribution in [1.29, 1.82) is 0 Å². The minimum atomic E-state index is -1.84. The molecule has 1 aliphatic heterocycles. The molecule has 5 atom stereocenters. The first-order valence-electron chi connectivity index (χ1n) is 7.69. The predicted octanol–water partition coefficient (Wildman–Crippen LogP) is 1.81. The largest absolute Gasteiger partial charge is 0.415 e. The average molecular weight is 353 g/mol. The maximum atomic E-state index is 10.2. The fraction of sp³-hybridized carbons (Fsp3) is 1.00. The summed E-state index contributed by atoms with van der Waals surface area (Å²) in [7, 11) is -0.348. The maximum Gasteiger partial charge on any atom is 0.184 e. The maximum absolute atomic E-state index is 10.2. The van der Waals surface area contributed by atoms with Crippen LogP contribution in [0, 0.1) is 0 Å². The smallest absolute Gasteiger partial charge is 0.184 e. The molecule has 0 saturated carbocycles. The summed E-state index contributed by atoms with van der Waals surface area (Å²) in [6.45, 7) is 13.0. The zero-order valence-electron chi connectivity index (χ0n) is 15.1. The second-order valence-corrected chi connectivity index (χ2v) is 16.6. The zero-order valence-corrected chi connectivity index (χ0v) is 17.1. The van der Waals surface area contributed by atoms with Gasteiger partial charge >= 0.3 is 0 Å². The standard InChI is InChI=1S/C14H32O6Si2/c1-16-11-10(9-18-21(3,4)5)19-14(15)13(17-2)12(11)20-22(6,7)8/h10-15H,9H2,1-8H3/t10-,11+,12+,13-,14?/m1/s1. The van der Waals surface area contributed by atoms with E-state index >= 15 is 0 Å². The van der Waals surface area contributed by atoms with E-state index in [2.05, 4.69) is 39.3 Å². The first-order chi connectivity index (χ1) is 9.98. The summed E-state index contributed by atoms with van der Waals surface area (Å²) in [5.74, 6) is 0. The number of ether oxygens (including phenoxy) is 3. The van der Waals surface area contributed by atoms with Crippen molar-refractivity contribution in [3.8, 4) is 0 Å². The molecule has 0 spiro atoms. The minimum Gasteiger partial charge on any atom is -0.415 e. The van der Waals surface area contributed by atoms with Crippen molar-refractivity contribution in [2.45, 2.75) is 70.0 Å². The van der Waals surface area contributed by atoms with Crippen LogP contribution in [0.5, 0.6) is 0 Å². The molecule has 132 valence electrons. The Morgan fingerprint density at radius 3 is 1.82 bits per heavy atom. The molecule has 0 aromatic heterocycles. The highest BCUT2D eigenvalue weighted by Crippen LogP contribution is 2.29. The summed E-state index contributed by atoms with van der Waals surface area (Å²) >= 11 is 0. The minimum absolute atomic E-state index is 0.337. The molecule has 0 aromatic carbocycles. The number of hydrogen-bond acceptors (Lipinski definition) is 6. The molecule has 0 amide bonds. The molecule has 6 nitrogen and oxygen atoms in total. The topological polar surface area (TPSA) is 66.4 Å². The van der Waals surface area contributed by atoms with Crippen LogP contribution in [0.15, 0.2) is 0 Å². The normalized spacial score (nSPS) is 34.0. The van der Waals surface area contributed by atoms with Gasteiger partial charge in [0.05, 0.1) is 6.61 Å². The highest BCUT2D eigenvalue weighted by Gasteiger charge is 2.48. The van der Waals surface area contributed by atoms with Crippen LogP contribution in [-0.4, -0.2) is 73.3 Å². The molecule has 0 aromatic rings. The Hall–Kier alpha value is 0.194. The lowest BCUT2D eigenvalue weighted by Gasteiger charge is -2.46. The molecule has 1 fully saturated rings. The number of rotatable bonds is 7. The van der Waals surface area contributed by atoms with E-state index in [1.54, 1.807) is 14.2 Å². The van der Waals surface area contributed by atoms with Gasteiger partial charge in [-0.3, -0.25) is 0 Å². The summed E-state index contributed by atoms with van der Waals surface area (Å²) in [5.41, 5.74) is 0. The third kappa shape index (κ3) is 6.01. The molecule has 0 bridgehead atoms. The lowest BCUT2D eigenvalue weighted by molar-refractivity contribution is -0.291. The Morgan fingerprint density at radius 2 is 1.41 bits per heavy atom. The van der Waals surface area contributed by atoms with Crippen molar-refractivity contribution in [1.82, 2.24) is 0 Å². The highest BCUT2D eigenvalue weighted by molar-refractivity contribution is 6.70. The van der Waals surface area contributed by atoms with Crippen LogP contribution in [0.2, 0.25) is 39.3 Å². The van der Waals surface area contributed by atoms with E-state index in [-0.39, 0.29) is 18.3 Å². The van der Waals surface area contributed by atoms with Crippen molar-refractivity contribution in [3.63, 3.8) is 0 Å². The van der Waals surface area contributed by atoms with Crippen LogP contribution in [0.3, 0.4) is 0 Å². The molecule has 1 aliphatic rings. The zero-order chi connectivity index (χ0) is 17.1. The quantitative estimate of drug-likeness (QED) is 0.705. The van der Waals surface area contributed by atoms with Gasteiger partial charge in [-0.05, 0) is 39.3 Å². The van der Waals surface area contributed by atoms with E-state index in [1.165, 1.54) is 0 Å². The molecule has 1 saturated heterocycles. The van der Waals surface area contributed by atoms with Crippen molar-refractivity contribution in [2.24, 2.45) is 0 Å². The number of methoxy groups -OCH3 is 2. The number of aliphatic hydroxyl groups excluding tert-OH is 1. The van der Waals surface area contributed by atoms with Crippen molar-refractivity contribution >= 4 is 16.6 Å². The van der Waals surface area contributed by atoms with E-state index in [9.17, 15) is 5.11 Å². The van der Waals surface area contributed by atoms with Gasteiger partial charge in [0.15, 0.2) is 22.9 Å². The van der Waals surface area contributed by atoms with Crippen LogP contribution in [-0.2, 0) is 23.1 Å². The van der Waals surface area contributed by atoms with Gasteiger partial charge < -0.3 is 28.2 Å². The van der Waals surface area contributed by atoms with Gasteiger partial charge in [-0.15, -0.1) is 0 Å². The van der Waals surface area contributed by atoms with Crippen molar-refractivity contribution < 1.29 is 28.2 Å². The first-order valence-corrected chi connectivity index (χ1v) is 14.5. The van der Waals surface area contributed by atoms with E-state index < -0.39 is 29.0 Å². The van der Waals surface area contributed by atoms with Gasteiger partial charge in [-0.25, -0.2) is 0 Å². The van der Waals surface area contributed by atoms with Gasteiger partial charge in [0.25, 0.3) is 0 Å².